The van der Waals surface area contributed by atoms with Gasteiger partial charge in [0.25, 0.3) is 0 Å². The molecule has 2 rings (SSSR count). The minimum Gasteiger partial charge on any atom is -0.493 e. The summed E-state index contributed by atoms with van der Waals surface area (Å²) in [4.78, 5) is 15.9. The molecule has 1 heterocycles. The third-order valence-corrected chi connectivity index (χ3v) is 3.32. The van der Waals surface area contributed by atoms with Crippen molar-refractivity contribution >= 4 is 33.5 Å². The molecule has 0 N–H and O–H groups in total. The maximum absolute atomic E-state index is 11.7. The summed E-state index contributed by atoms with van der Waals surface area (Å²) >= 11 is 2.07. The molecule has 0 radical (unpaired) electrons. The van der Waals surface area contributed by atoms with Gasteiger partial charge in [-0.25, -0.2) is 9.78 Å². The van der Waals surface area contributed by atoms with Gasteiger partial charge in [0.15, 0.2) is 17.4 Å². The first-order chi connectivity index (χ1) is 8.08. The van der Waals surface area contributed by atoms with Gasteiger partial charge in [-0.15, -0.1) is 0 Å². The topological polar surface area (TPSA) is 61.6 Å². The van der Waals surface area contributed by atoms with Crippen molar-refractivity contribution in [2.45, 2.75) is 6.92 Å². The first-order valence-corrected chi connectivity index (χ1v) is 5.88. The number of fused-ring (bicyclic) bond motifs is 1. The summed E-state index contributed by atoms with van der Waals surface area (Å²) in [5.41, 5.74) is 0.142. The van der Waals surface area contributed by atoms with Gasteiger partial charge in [-0.1, -0.05) is 0 Å². The SMILES string of the molecule is COc1cc2c(=O)oc(C)nc2c(I)c1OC. The largest absolute Gasteiger partial charge is 0.493 e. The Balaban J connectivity index is 2.95. The number of aromatic nitrogens is 1. The van der Waals surface area contributed by atoms with Crippen molar-refractivity contribution in [2.75, 3.05) is 14.2 Å². The fourth-order valence-corrected chi connectivity index (χ4v) is 2.47. The molecule has 0 bridgehead atoms. The Morgan fingerprint density at radius 1 is 1.35 bits per heavy atom. The Hall–Kier alpha value is -1.31. The summed E-state index contributed by atoms with van der Waals surface area (Å²) < 4.78 is 16.1. The van der Waals surface area contributed by atoms with Crippen LogP contribution in [0.15, 0.2) is 15.3 Å². The molecule has 0 saturated heterocycles. The molecule has 0 spiro atoms. The van der Waals surface area contributed by atoms with Crippen molar-refractivity contribution in [1.29, 1.82) is 0 Å². The standard InChI is InChI=1S/C11H10INO4/c1-5-13-9-6(11(14)17-5)4-7(15-2)10(16-3)8(9)12/h4H,1-3H3. The van der Waals surface area contributed by atoms with Gasteiger partial charge in [0.2, 0.25) is 0 Å². The second-order valence-electron chi connectivity index (χ2n) is 3.34. The molecule has 6 heteroatoms. The van der Waals surface area contributed by atoms with Crippen molar-refractivity contribution < 1.29 is 13.9 Å². The molecule has 0 fully saturated rings. The fourth-order valence-electron chi connectivity index (χ4n) is 1.58. The molecule has 0 aliphatic rings. The summed E-state index contributed by atoms with van der Waals surface area (Å²) in [7, 11) is 3.06. The molecule has 0 saturated carbocycles. The van der Waals surface area contributed by atoms with E-state index in [9.17, 15) is 4.79 Å². The van der Waals surface area contributed by atoms with Crippen LogP contribution in [0, 0.1) is 10.5 Å². The van der Waals surface area contributed by atoms with E-state index in [-0.39, 0.29) is 0 Å². The number of benzene rings is 1. The molecular formula is C11H10INO4. The number of ether oxygens (including phenoxy) is 2. The minimum atomic E-state index is -0.425. The summed E-state index contributed by atoms with van der Waals surface area (Å²) in [5.74, 6) is 1.38. The predicted molar refractivity (Wildman–Crippen MR) is 70.8 cm³/mol. The highest BCUT2D eigenvalue weighted by Crippen LogP contribution is 2.36. The smallest absolute Gasteiger partial charge is 0.346 e. The van der Waals surface area contributed by atoms with Crippen molar-refractivity contribution in [3.05, 3.63) is 25.9 Å². The Bertz CT molecular complexity index is 635. The number of hydrogen-bond acceptors (Lipinski definition) is 5. The molecule has 1 aromatic heterocycles. The molecule has 1 aromatic carbocycles. The number of hydrogen-bond donors (Lipinski definition) is 0. The van der Waals surface area contributed by atoms with Gasteiger partial charge in [-0.05, 0) is 22.6 Å². The lowest BCUT2D eigenvalue weighted by molar-refractivity contribution is 0.353. The Morgan fingerprint density at radius 3 is 2.65 bits per heavy atom. The van der Waals surface area contributed by atoms with Crippen LogP contribution < -0.4 is 15.1 Å². The fraction of sp³-hybridized carbons (Fsp3) is 0.273. The highest BCUT2D eigenvalue weighted by atomic mass is 127. The van der Waals surface area contributed by atoms with Crippen LogP contribution in [-0.2, 0) is 0 Å². The van der Waals surface area contributed by atoms with Gasteiger partial charge in [0, 0.05) is 13.0 Å². The zero-order chi connectivity index (χ0) is 12.6. The van der Waals surface area contributed by atoms with Gasteiger partial charge in [0.05, 0.1) is 28.7 Å². The van der Waals surface area contributed by atoms with Crippen LogP contribution in [0.1, 0.15) is 5.89 Å². The molecule has 90 valence electrons. The van der Waals surface area contributed by atoms with Crippen LogP contribution in [0.5, 0.6) is 11.5 Å². The van der Waals surface area contributed by atoms with Crippen LogP contribution in [-0.4, -0.2) is 19.2 Å². The zero-order valence-corrected chi connectivity index (χ0v) is 11.7. The van der Waals surface area contributed by atoms with E-state index < -0.39 is 5.63 Å². The lowest BCUT2D eigenvalue weighted by Gasteiger charge is -2.11. The second kappa shape index (κ2) is 4.52. The quantitative estimate of drug-likeness (QED) is 0.779. The van der Waals surface area contributed by atoms with E-state index in [1.165, 1.54) is 7.11 Å². The first kappa shape index (κ1) is 12.2. The molecular weight excluding hydrogens is 337 g/mol. The molecule has 0 aliphatic carbocycles. The summed E-state index contributed by atoms with van der Waals surface area (Å²) in [6, 6.07) is 1.58. The van der Waals surface area contributed by atoms with E-state index in [1.807, 2.05) is 0 Å². The zero-order valence-electron chi connectivity index (χ0n) is 9.54. The predicted octanol–water partition coefficient (Wildman–Crippen LogP) is 2.12. The van der Waals surface area contributed by atoms with Crippen LogP contribution in [0.3, 0.4) is 0 Å². The van der Waals surface area contributed by atoms with Gasteiger partial charge < -0.3 is 13.9 Å². The average molecular weight is 347 g/mol. The molecule has 0 atom stereocenters. The van der Waals surface area contributed by atoms with Crippen LogP contribution in [0.2, 0.25) is 0 Å². The maximum atomic E-state index is 11.7. The van der Waals surface area contributed by atoms with E-state index in [4.69, 9.17) is 13.9 Å². The number of rotatable bonds is 2. The molecule has 17 heavy (non-hydrogen) atoms. The van der Waals surface area contributed by atoms with E-state index >= 15 is 0 Å². The number of methoxy groups -OCH3 is 2. The Morgan fingerprint density at radius 2 is 2.06 bits per heavy atom. The summed E-state index contributed by atoms with van der Waals surface area (Å²) in [6.07, 6.45) is 0. The normalized spacial score (nSPS) is 10.6. The van der Waals surface area contributed by atoms with Gasteiger partial charge in [-0.2, -0.15) is 0 Å². The molecule has 0 unspecified atom stereocenters. The van der Waals surface area contributed by atoms with E-state index in [2.05, 4.69) is 27.6 Å². The van der Waals surface area contributed by atoms with E-state index in [0.29, 0.717) is 28.3 Å². The van der Waals surface area contributed by atoms with Gasteiger partial charge in [0.1, 0.15) is 0 Å². The Kier molecular flexibility index (Phi) is 3.23. The monoisotopic (exact) mass is 347 g/mol. The number of aryl methyl sites for hydroxylation is 1. The van der Waals surface area contributed by atoms with Gasteiger partial charge in [-0.3, -0.25) is 0 Å². The van der Waals surface area contributed by atoms with Crippen molar-refractivity contribution in [2.24, 2.45) is 0 Å². The number of nitrogens with zero attached hydrogens (tertiary/aromatic N) is 1. The summed E-state index contributed by atoms with van der Waals surface area (Å²) in [5, 5.41) is 0.387. The average Bonchev–Trinajstić information content (AvgIpc) is 2.30. The highest BCUT2D eigenvalue weighted by Gasteiger charge is 2.16. The molecule has 2 aromatic rings. The lowest BCUT2D eigenvalue weighted by atomic mass is 10.2. The number of halogens is 1. The highest BCUT2D eigenvalue weighted by molar-refractivity contribution is 14.1. The molecule has 0 amide bonds. The van der Waals surface area contributed by atoms with Crippen LogP contribution in [0.4, 0.5) is 0 Å². The third kappa shape index (κ3) is 1.97. The molecule has 5 nitrogen and oxygen atoms in total. The van der Waals surface area contributed by atoms with Crippen molar-refractivity contribution in [3.8, 4) is 11.5 Å². The van der Waals surface area contributed by atoms with Gasteiger partial charge >= 0.3 is 5.63 Å². The third-order valence-electron chi connectivity index (χ3n) is 2.32. The lowest BCUT2D eigenvalue weighted by Crippen LogP contribution is -2.06. The minimum absolute atomic E-state index is 0.327. The van der Waals surface area contributed by atoms with Crippen LogP contribution in [0.25, 0.3) is 10.9 Å². The van der Waals surface area contributed by atoms with E-state index in [0.717, 1.165) is 3.57 Å². The van der Waals surface area contributed by atoms with Crippen LogP contribution >= 0.6 is 22.6 Å². The second-order valence-corrected chi connectivity index (χ2v) is 4.42. The molecule has 0 aliphatic heterocycles. The van der Waals surface area contributed by atoms with Crippen molar-refractivity contribution in [1.82, 2.24) is 4.98 Å². The summed E-state index contributed by atoms with van der Waals surface area (Å²) in [6.45, 7) is 1.63. The van der Waals surface area contributed by atoms with E-state index in [1.54, 1.807) is 20.1 Å². The maximum Gasteiger partial charge on any atom is 0.346 e. The first-order valence-electron chi connectivity index (χ1n) is 4.80. The Labute approximate surface area is 111 Å². The van der Waals surface area contributed by atoms with Crippen molar-refractivity contribution in [3.63, 3.8) is 0 Å².